The van der Waals surface area contributed by atoms with E-state index in [1.54, 1.807) is 36.2 Å². The average Bonchev–Trinajstić information content (AvgIpc) is 3.50. The molecule has 0 radical (unpaired) electrons. The molecule has 2 aliphatic rings. The van der Waals surface area contributed by atoms with E-state index >= 15 is 0 Å². The second-order valence-electron chi connectivity index (χ2n) is 14.3. The number of alkyl halides is 2. The van der Waals surface area contributed by atoms with Gasteiger partial charge in [-0.25, -0.2) is 8.78 Å². The van der Waals surface area contributed by atoms with Gasteiger partial charge >= 0.3 is 0 Å². The van der Waals surface area contributed by atoms with Gasteiger partial charge < -0.3 is 29.7 Å². The maximum Gasteiger partial charge on any atom is 0.261 e. The Morgan fingerprint density at radius 3 is 2.54 bits per heavy atom. The molecule has 0 saturated carbocycles. The van der Waals surface area contributed by atoms with Crippen molar-refractivity contribution in [2.75, 3.05) is 46.1 Å². The number of allylic oxidation sites excluding steroid dienone is 2. The number of ether oxygens (including phenoxy) is 3. The molecule has 3 N–H and O–H groups in total. The lowest BCUT2D eigenvalue weighted by Gasteiger charge is -2.47. The zero-order valence-electron chi connectivity index (χ0n) is 29.9. The third kappa shape index (κ3) is 9.36. The van der Waals surface area contributed by atoms with Gasteiger partial charge in [-0.2, -0.15) is 5.26 Å². The summed E-state index contributed by atoms with van der Waals surface area (Å²) in [6.45, 7) is 6.64. The lowest BCUT2D eigenvalue weighted by Crippen LogP contribution is -2.52. The van der Waals surface area contributed by atoms with Crippen LogP contribution in [-0.2, 0) is 17.9 Å². The van der Waals surface area contributed by atoms with Gasteiger partial charge in [0, 0.05) is 67.7 Å². The first-order chi connectivity index (χ1) is 24.8. The lowest BCUT2D eigenvalue weighted by atomic mass is 9.65. The molecule has 278 valence electrons. The molecule has 0 spiro atoms. The van der Waals surface area contributed by atoms with Crippen molar-refractivity contribution in [3.05, 3.63) is 106 Å². The molecular weight excluding hydrogens is 690 g/mol. The molecule has 1 aliphatic carbocycles. The van der Waals surface area contributed by atoms with Crippen molar-refractivity contribution < 1.29 is 33.2 Å². The quantitative estimate of drug-likeness (QED) is 0.132. The number of nitriles is 1. The third-order valence-electron chi connectivity index (χ3n) is 9.95. The fraction of sp³-hybridized carbons (Fsp3) is 0.450. The number of nitrogens with zero attached hydrogens (tertiary/aromatic N) is 3. The summed E-state index contributed by atoms with van der Waals surface area (Å²) in [5.74, 6) is -1.87. The normalized spacial score (nSPS) is 19.6. The topological polar surface area (TPSA) is 120 Å². The number of halogens is 3. The molecule has 12 heteroatoms. The highest BCUT2D eigenvalue weighted by Crippen LogP contribution is 2.49. The summed E-state index contributed by atoms with van der Waals surface area (Å²) in [6, 6.07) is 17.3. The molecule has 5 rings (SSSR count). The summed E-state index contributed by atoms with van der Waals surface area (Å²) < 4.78 is 47.3. The summed E-state index contributed by atoms with van der Waals surface area (Å²) >= 11 is 6.87. The highest BCUT2D eigenvalue weighted by atomic mass is 35.5. The predicted octanol–water partition coefficient (Wildman–Crippen LogP) is 6.56. The van der Waals surface area contributed by atoms with Crippen LogP contribution in [0.4, 0.5) is 8.78 Å². The first-order valence-electron chi connectivity index (χ1n) is 17.4. The number of pyridine rings is 1. The van der Waals surface area contributed by atoms with E-state index in [1.807, 2.05) is 30.4 Å². The maximum atomic E-state index is 13.8. The van der Waals surface area contributed by atoms with Gasteiger partial charge in [0.05, 0.1) is 35.9 Å². The maximum absolute atomic E-state index is 13.8. The lowest BCUT2D eigenvalue weighted by molar-refractivity contribution is -0.0929. The summed E-state index contributed by atoms with van der Waals surface area (Å²) in [5, 5.41) is 32.5. The van der Waals surface area contributed by atoms with Crippen LogP contribution >= 0.6 is 11.6 Å². The van der Waals surface area contributed by atoms with Crippen molar-refractivity contribution in [3.63, 3.8) is 0 Å². The minimum absolute atomic E-state index is 0.0699. The fourth-order valence-corrected chi connectivity index (χ4v) is 6.70. The SMILES string of the molecule is CC(CO)(CO)NCc1cc(Cl)c(OCC2(OCCCN3CCC(F)(F)C3)C=CC=C(c3ccccc3)C2(C)C)cc1OCc1cncc(C#N)c1. The number of nitrogens with one attached hydrogen (secondary N) is 1. The number of aromatic nitrogens is 1. The number of hydrogen-bond acceptors (Lipinski definition) is 9. The smallest absolute Gasteiger partial charge is 0.261 e. The van der Waals surface area contributed by atoms with Gasteiger partial charge in [0.1, 0.15) is 36.4 Å². The van der Waals surface area contributed by atoms with Gasteiger partial charge in [0.25, 0.3) is 5.92 Å². The van der Waals surface area contributed by atoms with Crippen molar-refractivity contribution in [1.82, 2.24) is 15.2 Å². The van der Waals surface area contributed by atoms with Crippen LogP contribution in [0.25, 0.3) is 5.57 Å². The average molecular weight is 737 g/mol. The molecule has 1 saturated heterocycles. The molecule has 1 unspecified atom stereocenters. The number of benzene rings is 2. The molecule has 1 fully saturated rings. The monoisotopic (exact) mass is 736 g/mol. The molecular formula is C40H47ClF2N4O5. The van der Waals surface area contributed by atoms with Gasteiger partial charge in [-0.3, -0.25) is 9.88 Å². The van der Waals surface area contributed by atoms with E-state index in [2.05, 4.69) is 48.4 Å². The molecule has 0 amide bonds. The molecule has 52 heavy (non-hydrogen) atoms. The second kappa shape index (κ2) is 16.8. The Kier molecular flexibility index (Phi) is 12.7. The van der Waals surface area contributed by atoms with Crippen LogP contribution in [0.5, 0.6) is 11.5 Å². The Morgan fingerprint density at radius 2 is 1.85 bits per heavy atom. The minimum atomic E-state index is -2.65. The Bertz CT molecular complexity index is 1780. The van der Waals surface area contributed by atoms with Gasteiger partial charge in [-0.1, -0.05) is 67.9 Å². The zero-order chi connectivity index (χ0) is 37.4. The first-order valence-corrected chi connectivity index (χ1v) is 17.8. The molecule has 3 aromatic rings. The molecule has 0 bridgehead atoms. The molecule has 2 heterocycles. The van der Waals surface area contributed by atoms with E-state index in [1.165, 1.54) is 6.20 Å². The standard InChI is InChI=1S/C40H47ClF2N4O5/c1-37(2)33(31-9-5-4-6-10-31)11-7-12-39(37,52-16-8-14-47-15-13-40(42,43)25-47)28-51-36-19-35(50-24-30-17-29(20-44)21-45-22-30)32(18-34(36)41)23-46-38(3,26-48)27-49/h4-7,9-12,17-19,21-22,46,48-49H,8,13-16,23-28H2,1-3H3. The highest BCUT2D eigenvalue weighted by Gasteiger charge is 2.49. The highest BCUT2D eigenvalue weighted by molar-refractivity contribution is 6.32. The van der Waals surface area contributed by atoms with Crippen LogP contribution in [0.2, 0.25) is 5.02 Å². The van der Waals surface area contributed by atoms with Crippen LogP contribution in [0.15, 0.2) is 79.2 Å². The molecule has 1 aromatic heterocycles. The Morgan fingerprint density at radius 1 is 1.08 bits per heavy atom. The minimum Gasteiger partial charge on any atom is -0.488 e. The first kappa shape index (κ1) is 39.3. The summed E-state index contributed by atoms with van der Waals surface area (Å²) in [7, 11) is 0. The Hall–Kier alpha value is -3.89. The van der Waals surface area contributed by atoms with Crippen LogP contribution in [0, 0.1) is 16.7 Å². The Balaban J connectivity index is 1.41. The van der Waals surface area contributed by atoms with Gasteiger partial charge in [0.2, 0.25) is 0 Å². The van der Waals surface area contributed by atoms with Gasteiger partial charge in [0.15, 0.2) is 0 Å². The van der Waals surface area contributed by atoms with Crippen LogP contribution < -0.4 is 14.8 Å². The summed E-state index contributed by atoms with van der Waals surface area (Å²) in [6.07, 6.45) is 9.56. The fourth-order valence-electron chi connectivity index (χ4n) is 6.46. The van der Waals surface area contributed by atoms with Crippen molar-refractivity contribution in [1.29, 1.82) is 5.26 Å². The van der Waals surface area contributed by atoms with Crippen molar-refractivity contribution in [3.8, 4) is 17.6 Å². The largest absolute Gasteiger partial charge is 0.488 e. The zero-order valence-corrected chi connectivity index (χ0v) is 30.6. The second-order valence-corrected chi connectivity index (χ2v) is 14.7. The Labute approximate surface area is 309 Å². The van der Waals surface area contributed by atoms with Crippen molar-refractivity contribution >= 4 is 17.2 Å². The third-order valence-corrected chi connectivity index (χ3v) is 10.2. The molecule has 1 aliphatic heterocycles. The number of hydrogen-bond donors (Lipinski definition) is 3. The summed E-state index contributed by atoms with van der Waals surface area (Å²) in [5.41, 5.74) is 1.32. The van der Waals surface area contributed by atoms with Crippen molar-refractivity contribution in [2.24, 2.45) is 5.41 Å². The van der Waals surface area contributed by atoms with Crippen LogP contribution in [0.3, 0.4) is 0 Å². The molecule has 9 nitrogen and oxygen atoms in total. The van der Waals surface area contributed by atoms with Gasteiger partial charge in [-0.15, -0.1) is 0 Å². The van der Waals surface area contributed by atoms with E-state index < -0.39 is 22.5 Å². The summed E-state index contributed by atoms with van der Waals surface area (Å²) in [4.78, 5) is 5.90. The molecule has 1 atom stereocenters. The predicted molar refractivity (Wildman–Crippen MR) is 196 cm³/mol. The molecule has 2 aromatic carbocycles. The van der Waals surface area contributed by atoms with E-state index in [4.69, 9.17) is 25.8 Å². The van der Waals surface area contributed by atoms with Crippen LogP contribution in [-0.4, -0.2) is 83.2 Å². The van der Waals surface area contributed by atoms with E-state index in [-0.39, 0.29) is 45.9 Å². The van der Waals surface area contributed by atoms with Crippen LogP contribution in [0.1, 0.15) is 55.9 Å². The van der Waals surface area contributed by atoms with E-state index in [0.717, 1.165) is 11.1 Å². The number of aliphatic hydroxyl groups is 2. The number of rotatable bonds is 17. The number of aliphatic hydroxyl groups excluding tert-OH is 2. The van der Waals surface area contributed by atoms with E-state index in [0.29, 0.717) is 59.3 Å². The van der Waals surface area contributed by atoms with Crippen molar-refractivity contribution in [2.45, 2.75) is 63.8 Å². The van der Waals surface area contributed by atoms with E-state index in [9.17, 15) is 24.3 Å². The number of likely N-dealkylation sites (tertiary alicyclic amines) is 1. The van der Waals surface area contributed by atoms with Gasteiger partial charge in [-0.05, 0) is 42.7 Å².